The van der Waals surface area contributed by atoms with E-state index in [1.54, 1.807) is 0 Å². The monoisotopic (exact) mass is 307 g/mol. The van der Waals surface area contributed by atoms with Crippen LogP contribution in [0.25, 0.3) is 0 Å². The Hall–Kier alpha value is -1.10. The third-order valence-electron chi connectivity index (χ3n) is 3.95. The molecule has 2 rings (SSSR count). The van der Waals surface area contributed by atoms with Crippen LogP contribution in [0.3, 0.4) is 0 Å². The van der Waals surface area contributed by atoms with Crippen molar-refractivity contribution in [2.24, 2.45) is 0 Å². The first-order valence-corrected chi connectivity index (χ1v) is 8.37. The number of aliphatic hydroxyl groups is 1. The molecule has 1 aliphatic rings. The molecule has 0 aromatic heterocycles. The summed E-state index contributed by atoms with van der Waals surface area (Å²) >= 11 is 0. The fraction of sp³-hybridized carbons (Fsp3) is 0.667. The normalized spacial score (nSPS) is 24.2. The SMILES string of the molecule is CCCOc1ccc(C(O)CCN2CC(C)OC(C)C2)cc1. The van der Waals surface area contributed by atoms with Gasteiger partial charge in [-0.15, -0.1) is 0 Å². The average Bonchev–Trinajstić information content (AvgIpc) is 2.50. The standard InChI is InChI=1S/C18H29NO3/c1-4-11-21-17-7-5-16(6-8-17)18(20)9-10-19-12-14(2)22-15(3)13-19/h5-8,14-15,18,20H,4,9-13H2,1-3H3. The van der Waals surface area contributed by atoms with Crippen LogP contribution in [-0.2, 0) is 4.74 Å². The van der Waals surface area contributed by atoms with Gasteiger partial charge in [-0.2, -0.15) is 0 Å². The van der Waals surface area contributed by atoms with Gasteiger partial charge in [-0.1, -0.05) is 19.1 Å². The summed E-state index contributed by atoms with van der Waals surface area (Å²) in [5.41, 5.74) is 0.957. The lowest BCUT2D eigenvalue weighted by molar-refractivity contribution is -0.0702. The first-order valence-electron chi connectivity index (χ1n) is 8.37. The summed E-state index contributed by atoms with van der Waals surface area (Å²) in [6.07, 6.45) is 1.87. The van der Waals surface area contributed by atoms with Crippen LogP contribution in [0.5, 0.6) is 5.75 Å². The van der Waals surface area contributed by atoms with Crippen molar-refractivity contribution >= 4 is 0 Å². The zero-order valence-corrected chi connectivity index (χ0v) is 14.0. The lowest BCUT2D eigenvalue weighted by Gasteiger charge is -2.35. The first-order chi connectivity index (χ1) is 10.6. The van der Waals surface area contributed by atoms with Gasteiger partial charge in [-0.25, -0.2) is 0 Å². The van der Waals surface area contributed by atoms with Gasteiger partial charge < -0.3 is 14.6 Å². The second kappa shape index (κ2) is 8.51. The lowest BCUT2D eigenvalue weighted by Crippen LogP contribution is -2.45. The fourth-order valence-corrected chi connectivity index (χ4v) is 2.94. The molecule has 1 fully saturated rings. The second-order valence-corrected chi connectivity index (χ2v) is 6.24. The number of aliphatic hydroxyl groups excluding tert-OH is 1. The van der Waals surface area contributed by atoms with Crippen molar-refractivity contribution < 1.29 is 14.6 Å². The Kier molecular flexibility index (Phi) is 6.68. The molecule has 0 radical (unpaired) electrons. The summed E-state index contributed by atoms with van der Waals surface area (Å²) < 4.78 is 11.3. The molecule has 0 spiro atoms. The molecule has 1 saturated heterocycles. The van der Waals surface area contributed by atoms with Gasteiger partial charge >= 0.3 is 0 Å². The van der Waals surface area contributed by atoms with E-state index in [1.807, 2.05) is 24.3 Å². The Balaban J connectivity index is 1.80. The molecule has 1 aliphatic heterocycles. The van der Waals surface area contributed by atoms with Gasteiger partial charge in [0.2, 0.25) is 0 Å². The molecule has 1 heterocycles. The second-order valence-electron chi connectivity index (χ2n) is 6.24. The highest BCUT2D eigenvalue weighted by atomic mass is 16.5. The summed E-state index contributed by atoms with van der Waals surface area (Å²) in [7, 11) is 0. The summed E-state index contributed by atoms with van der Waals surface area (Å²) in [4.78, 5) is 2.38. The van der Waals surface area contributed by atoms with E-state index in [0.29, 0.717) is 0 Å². The van der Waals surface area contributed by atoms with Crippen molar-refractivity contribution in [3.05, 3.63) is 29.8 Å². The Bertz CT molecular complexity index is 424. The van der Waals surface area contributed by atoms with Crippen molar-refractivity contribution in [1.82, 2.24) is 4.90 Å². The predicted molar refractivity (Wildman–Crippen MR) is 88.3 cm³/mol. The molecule has 0 saturated carbocycles. The Morgan fingerprint density at radius 1 is 1.23 bits per heavy atom. The molecule has 1 aromatic rings. The van der Waals surface area contributed by atoms with Gasteiger partial charge in [-0.05, 0) is 44.4 Å². The number of hydrogen-bond donors (Lipinski definition) is 1. The molecule has 4 heteroatoms. The van der Waals surface area contributed by atoms with E-state index in [9.17, 15) is 5.11 Å². The molecule has 22 heavy (non-hydrogen) atoms. The largest absolute Gasteiger partial charge is 0.494 e. The quantitative estimate of drug-likeness (QED) is 0.841. The maximum absolute atomic E-state index is 10.4. The molecule has 124 valence electrons. The third-order valence-corrected chi connectivity index (χ3v) is 3.95. The molecule has 0 amide bonds. The van der Waals surface area contributed by atoms with E-state index in [0.717, 1.165) is 50.4 Å². The number of morpholine rings is 1. The molecule has 4 nitrogen and oxygen atoms in total. The maximum atomic E-state index is 10.4. The van der Waals surface area contributed by atoms with Crippen molar-refractivity contribution in [1.29, 1.82) is 0 Å². The van der Waals surface area contributed by atoms with E-state index >= 15 is 0 Å². The zero-order chi connectivity index (χ0) is 15.9. The van der Waals surface area contributed by atoms with Gasteiger partial charge in [0.1, 0.15) is 5.75 Å². The first kappa shape index (κ1) is 17.3. The molecular weight excluding hydrogens is 278 g/mol. The number of rotatable bonds is 7. The highest BCUT2D eigenvalue weighted by Gasteiger charge is 2.22. The Morgan fingerprint density at radius 2 is 1.86 bits per heavy atom. The lowest BCUT2D eigenvalue weighted by atomic mass is 10.1. The van der Waals surface area contributed by atoms with Crippen LogP contribution in [-0.4, -0.2) is 48.5 Å². The van der Waals surface area contributed by atoms with Gasteiger partial charge in [0.05, 0.1) is 24.9 Å². The van der Waals surface area contributed by atoms with Gasteiger partial charge in [-0.3, -0.25) is 4.90 Å². The molecule has 1 aromatic carbocycles. The van der Waals surface area contributed by atoms with Gasteiger partial charge in [0.15, 0.2) is 0 Å². The third kappa shape index (κ3) is 5.27. The van der Waals surface area contributed by atoms with Crippen LogP contribution in [0, 0.1) is 0 Å². The molecule has 3 atom stereocenters. The van der Waals surface area contributed by atoms with Crippen LogP contribution in [0.4, 0.5) is 0 Å². The minimum atomic E-state index is -0.423. The summed E-state index contributed by atoms with van der Waals surface area (Å²) in [5, 5.41) is 10.4. The summed E-state index contributed by atoms with van der Waals surface area (Å²) in [6.45, 7) is 9.82. The van der Waals surface area contributed by atoms with E-state index in [4.69, 9.17) is 9.47 Å². The van der Waals surface area contributed by atoms with Gasteiger partial charge in [0.25, 0.3) is 0 Å². The number of hydrogen-bond acceptors (Lipinski definition) is 4. The van der Waals surface area contributed by atoms with E-state index in [1.165, 1.54) is 0 Å². The Morgan fingerprint density at radius 3 is 2.45 bits per heavy atom. The average molecular weight is 307 g/mol. The van der Waals surface area contributed by atoms with E-state index in [-0.39, 0.29) is 12.2 Å². The molecule has 1 N–H and O–H groups in total. The maximum Gasteiger partial charge on any atom is 0.119 e. The van der Waals surface area contributed by atoms with Gasteiger partial charge in [0, 0.05) is 19.6 Å². The predicted octanol–water partition coefficient (Wildman–Crippen LogP) is 3.01. The fourth-order valence-electron chi connectivity index (χ4n) is 2.94. The topological polar surface area (TPSA) is 41.9 Å². The highest BCUT2D eigenvalue weighted by molar-refractivity contribution is 5.28. The molecular formula is C18H29NO3. The number of ether oxygens (including phenoxy) is 2. The van der Waals surface area contributed by atoms with Crippen LogP contribution in [0.15, 0.2) is 24.3 Å². The number of nitrogens with zero attached hydrogens (tertiary/aromatic N) is 1. The minimum Gasteiger partial charge on any atom is -0.494 e. The van der Waals surface area contributed by atoms with Crippen molar-refractivity contribution in [2.45, 2.75) is 51.9 Å². The number of benzene rings is 1. The van der Waals surface area contributed by atoms with E-state index in [2.05, 4.69) is 25.7 Å². The molecule has 0 aliphatic carbocycles. The minimum absolute atomic E-state index is 0.274. The van der Waals surface area contributed by atoms with Crippen molar-refractivity contribution in [3.8, 4) is 5.75 Å². The van der Waals surface area contributed by atoms with Crippen molar-refractivity contribution in [3.63, 3.8) is 0 Å². The zero-order valence-electron chi connectivity index (χ0n) is 14.0. The smallest absolute Gasteiger partial charge is 0.119 e. The van der Waals surface area contributed by atoms with Crippen LogP contribution in [0.2, 0.25) is 0 Å². The van der Waals surface area contributed by atoms with Crippen LogP contribution >= 0.6 is 0 Å². The van der Waals surface area contributed by atoms with Crippen molar-refractivity contribution in [2.75, 3.05) is 26.2 Å². The summed E-state index contributed by atoms with van der Waals surface area (Å²) in [5.74, 6) is 0.869. The van der Waals surface area contributed by atoms with Crippen LogP contribution < -0.4 is 4.74 Å². The Labute approximate surface area is 134 Å². The summed E-state index contributed by atoms with van der Waals surface area (Å²) in [6, 6.07) is 7.79. The van der Waals surface area contributed by atoms with E-state index < -0.39 is 6.10 Å². The van der Waals surface area contributed by atoms with Crippen LogP contribution in [0.1, 0.15) is 45.3 Å². The molecule has 0 bridgehead atoms. The molecule has 3 unspecified atom stereocenters. The highest BCUT2D eigenvalue weighted by Crippen LogP contribution is 2.21.